The van der Waals surface area contributed by atoms with E-state index in [1.165, 1.54) is 6.92 Å². The van der Waals surface area contributed by atoms with E-state index < -0.39 is 5.92 Å². The van der Waals surface area contributed by atoms with Crippen molar-refractivity contribution in [1.82, 2.24) is 0 Å². The first kappa shape index (κ1) is 15.4. The fraction of sp³-hybridized carbons (Fsp3) is 0.571. The van der Waals surface area contributed by atoms with Gasteiger partial charge in [-0.2, -0.15) is 0 Å². The van der Waals surface area contributed by atoms with Crippen LogP contribution in [0.1, 0.15) is 50.3 Å². The Morgan fingerprint density at radius 1 is 1.39 bits per heavy atom. The first-order valence-electron chi connectivity index (χ1n) is 6.27. The molecule has 0 bridgehead atoms. The molecule has 0 saturated heterocycles. The second-order valence-corrected chi connectivity index (χ2v) is 5.11. The van der Waals surface area contributed by atoms with Crippen molar-refractivity contribution in [1.29, 1.82) is 0 Å². The minimum atomic E-state index is -2.55. The summed E-state index contributed by atoms with van der Waals surface area (Å²) >= 11 is 6.09. The number of hydrogen-bond donors (Lipinski definition) is 1. The molecule has 1 nitrogen and oxygen atoms in total. The van der Waals surface area contributed by atoms with Gasteiger partial charge < -0.3 is 5.73 Å². The molecule has 0 fully saturated rings. The summed E-state index contributed by atoms with van der Waals surface area (Å²) < 4.78 is 26.1. The minimum absolute atomic E-state index is 0.0733. The van der Waals surface area contributed by atoms with Crippen molar-refractivity contribution in [3.8, 4) is 0 Å². The summed E-state index contributed by atoms with van der Waals surface area (Å²) in [4.78, 5) is 0. The smallest absolute Gasteiger partial charge is 0.247 e. The van der Waals surface area contributed by atoms with Gasteiger partial charge >= 0.3 is 0 Å². The van der Waals surface area contributed by atoms with Gasteiger partial charge in [0.25, 0.3) is 0 Å². The van der Waals surface area contributed by atoms with E-state index in [1.54, 1.807) is 0 Å². The van der Waals surface area contributed by atoms with Crippen molar-refractivity contribution >= 4 is 11.6 Å². The van der Waals surface area contributed by atoms with Crippen molar-refractivity contribution in [2.75, 3.05) is 0 Å². The number of nitrogens with two attached hydrogens (primary N) is 1. The van der Waals surface area contributed by atoms with Crippen LogP contribution in [0.25, 0.3) is 0 Å². The van der Waals surface area contributed by atoms with Crippen molar-refractivity contribution in [3.63, 3.8) is 0 Å². The van der Waals surface area contributed by atoms with Crippen molar-refractivity contribution in [2.45, 2.75) is 51.5 Å². The summed E-state index contributed by atoms with van der Waals surface area (Å²) in [5, 5.41) is 0.616. The quantitative estimate of drug-likeness (QED) is 0.798. The molecular formula is C14H20ClF2N. The van der Waals surface area contributed by atoms with E-state index >= 15 is 0 Å². The van der Waals surface area contributed by atoms with Crippen molar-refractivity contribution < 1.29 is 8.78 Å². The van der Waals surface area contributed by atoms with Crippen LogP contribution in [-0.2, 0) is 6.42 Å². The van der Waals surface area contributed by atoms with Gasteiger partial charge in [0.05, 0.1) is 0 Å². The predicted molar refractivity (Wildman–Crippen MR) is 72.2 cm³/mol. The normalized spacial score (nSPS) is 13.7. The largest absolute Gasteiger partial charge is 0.324 e. The number of benzene rings is 1. The molecular weight excluding hydrogens is 256 g/mol. The fourth-order valence-electron chi connectivity index (χ4n) is 1.82. The molecule has 0 aliphatic rings. The molecule has 0 radical (unpaired) electrons. The topological polar surface area (TPSA) is 26.0 Å². The number of aryl methyl sites for hydroxylation is 1. The Bertz CT molecular complexity index is 391. The Balaban J connectivity index is 2.57. The minimum Gasteiger partial charge on any atom is -0.324 e. The van der Waals surface area contributed by atoms with Gasteiger partial charge in [-0.15, -0.1) is 0 Å². The van der Waals surface area contributed by atoms with Crippen LogP contribution in [0, 0.1) is 0 Å². The Kier molecular flexibility index (Phi) is 5.54. The lowest BCUT2D eigenvalue weighted by Crippen LogP contribution is -2.14. The first-order chi connectivity index (χ1) is 8.35. The van der Waals surface area contributed by atoms with Crippen LogP contribution in [-0.4, -0.2) is 5.92 Å². The molecule has 1 atom stereocenters. The number of hydrogen-bond acceptors (Lipinski definition) is 1. The highest BCUT2D eigenvalue weighted by molar-refractivity contribution is 6.31. The van der Waals surface area contributed by atoms with E-state index in [9.17, 15) is 8.78 Å². The summed E-state index contributed by atoms with van der Waals surface area (Å²) in [6.45, 7) is 3.37. The Morgan fingerprint density at radius 2 is 2.06 bits per heavy atom. The lowest BCUT2D eigenvalue weighted by atomic mass is 10.0. The van der Waals surface area contributed by atoms with E-state index in [4.69, 9.17) is 17.3 Å². The molecule has 0 spiro atoms. The average molecular weight is 276 g/mol. The molecule has 0 aliphatic carbocycles. The van der Waals surface area contributed by atoms with E-state index in [0.717, 1.165) is 11.1 Å². The monoisotopic (exact) mass is 275 g/mol. The number of rotatable bonds is 6. The van der Waals surface area contributed by atoms with Gasteiger partial charge in [-0.1, -0.05) is 30.7 Å². The highest BCUT2D eigenvalue weighted by atomic mass is 35.5. The molecule has 0 aromatic heterocycles. The third-order valence-electron chi connectivity index (χ3n) is 3.08. The Morgan fingerprint density at radius 3 is 2.56 bits per heavy atom. The molecule has 1 aromatic rings. The lowest BCUT2D eigenvalue weighted by molar-refractivity contribution is -0.0130. The van der Waals surface area contributed by atoms with E-state index in [2.05, 4.69) is 0 Å². The van der Waals surface area contributed by atoms with Crippen LogP contribution in [0.3, 0.4) is 0 Å². The fourth-order valence-corrected chi connectivity index (χ4v) is 2.20. The van der Waals surface area contributed by atoms with Gasteiger partial charge in [-0.3, -0.25) is 0 Å². The van der Waals surface area contributed by atoms with Gasteiger partial charge in [0.1, 0.15) is 0 Å². The molecule has 0 heterocycles. The third kappa shape index (κ3) is 4.54. The van der Waals surface area contributed by atoms with E-state index in [1.807, 2.05) is 25.1 Å². The highest BCUT2D eigenvalue weighted by Gasteiger charge is 2.24. The van der Waals surface area contributed by atoms with Gasteiger partial charge in [-0.05, 0) is 37.0 Å². The second-order valence-electron chi connectivity index (χ2n) is 4.71. The van der Waals surface area contributed by atoms with E-state index in [0.29, 0.717) is 17.9 Å². The van der Waals surface area contributed by atoms with Crippen LogP contribution >= 0.6 is 11.6 Å². The molecule has 4 heteroatoms. The van der Waals surface area contributed by atoms with Crippen LogP contribution < -0.4 is 5.73 Å². The maximum atomic E-state index is 13.1. The van der Waals surface area contributed by atoms with Crippen LogP contribution in [0.5, 0.6) is 0 Å². The molecule has 1 rings (SSSR count). The SMILES string of the molecule is CCC(F)(F)CCCc1ccc(C(C)N)c(Cl)c1. The summed E-state index contributed by atoms with van der Waals surface area (Å²) in [5.74, 6) is -2.55. The molecule has 0 saturated carbocycles. The molecule has 102 valence electrons. The molecule has 0 aliphatic heterocycles. The van der Waals surface area contributed by atoms with Gasteiger partial charge in [0, 0.05) is 23.9 Å². The summed E-state index contributed by atoms with van der Waals surface area (Å²) in [5.41, 5.74) is 7.63. The maximum absolute atomic E-state index is 13.1. The van der Waals surface area contributed by atoms with Gasteiger partial charge in [0.15, 0.2) is 0 Å². The molecule has 2 N–H and O–H groups in total. The first-order valence-corrected chi connectivity index (χ1v) is 6.65. The zero-order valence-corrected chi connectivity index (χ0v) is 11.6. The third-order valence-corrected chi connectivity index (χ3v) is 3.41. The zero-order valence-electron chi connectivity index (χ0n) is 10.8. The Hall–Kier alpha value is -0.670. The molecule has 1 unspecified atom stereocenters. The number of alkyl halides is 2. The molecule has 1 aromatic carbocycles. The Labute approximate surface area is 112 Å². The predicted octanol–water partition coefficient (Wildman–Crippen LogP) is 4.73. The molecule has 18 heavy (non-hydrogen) atoms. The lowest BCUT2D eigenvalue weighted by Gasteiger charge is -2.14. The highest BCUT2D eigenvalue weighted by Crippen LogP contribution is 2.27. The number of halogens is 3. The standard InChI is InChI=1S/C14H20ClF2N/c1-3-14(16,17)8-4-5-11-6-7-12(10(2)18)13(15)9-11/h6-7,9-10H,3-5,8,18H2,1-2H3. The zero-order chi connectivity index (χ0) is 13.8. The maximum Gasteiger partial charge on any atom is 0.247 e. The van der Waals surface area contributed by atoms with Gasteiger partial charge in [0.2, 0.25) is 5.92 Å². The van der Waals surface area contributed by atoms with Crippen molar-refractivity contribution in [2.24, 2.45) is 5.73 Å². The second kappa shape index (κ2) is 6.48. The summed E-state index contributed by atoms with van der Waals surface area (Å²) in [6.07, 6.45) is 0.913. The summed E-state index contributed by atoms with van der Waals surface area (Å²) in [6, 6.07) is 5.50. The van der Waals surface area contributed by atoms with Crippen molar-refractivity contribution in [3.05, 3.63) is 34.3 Å². The van der Waals surface area contributed by atoms with Crippen LogP contribution in [0.15, 0.2) is 18.2 Å². The van der Waals surface area contributed by atoms with Gasteiger partial charge in [-0.25, -0.2) is 8.78 Å². The van der Waals surface area contributed by atoms with Crippen LogP contribution in [0.2, 0.25) is 5.02 Å². The molecule has 0 amide bonds. The van der Waals surface area contributed by atoms with E-state index in [-0.39, 0.29) is 18.9 Å². The summed E-state index contributed by atoms with van der Waals surface area (Å²) in [7, 11) is 0. The average Bonchev–Trinajstić information content (AvgIpc) is 2.28. The van der Waals surface area contributed by atoms with Crippen LogP contribution in [0.4, 0.5) is 8.78 Å².